The third-order valence-corrected chi connectivity index (χ3v) is 0.756. The van der Waals surface area contributed by atoms with Crippen LogP contribution in [0.3, 0.4) is 0 Å². The number of hydrogen-bond acceptors (Lipinski definition) is 5. The molecular formula is C9H25NO4. The van der Waals surface area contributed by atoms with Crippen molar-refractivity contribution < 1.29 is 19.4 Å². The van der Waals surface area contributed by atoms with Gasteiger partial charge in [0.15, 0.2) is 0 Å². The molecule has 90 valence electrons. The Bertz CT molecular complexity index is 86.9. The second-order valence-electron chi connectivity index (χ2n) is 1.71. The van der Waals surface area contributed by atoms with Crippen LogP contribution in [-0.2, 0) is 14.3 Å². The van der Waals surface area contributed by atoms with Gasteiger partial charge in [0.2, 0.25) is 0 Å². The van der Waals surface area contributed by atoms with Crippen molar-refractivity contribution in [1.82, 2.24) is 6.15 Å². The molecule has 0 rings (SSSR count). The largest absolute Gasteiger partial charge is 0.466 e. The molecular weight excluding hydrogens is 186 g/mol. The van der Waals surface area contributed by atoms with Gasteiger partial charge in [-0.15, -0.1) is 0 Å². The molecule has 0 saturated heterocycles. The summed E-state index contributed by atoms with van der Waals surface area (Å²) in [6.07, 6.45) is 0. The van der Waals surface area contributed by atoms with Crippen LogP contribution in [0.25, 0.3) is 0 Å². The van der Waals surface area contributed by atoms with E-state index in [0.29, 0.717) is 6.61 Å². The summed E-state index contributed by atoms with van der Waals surface area (Å²) in [6, 6.07) is 0. The van der Waals surface area contributed by atoms with Crippen molar-refractivity contribution in [3.8, 4) is 0 Å². The summed E-state index contributed by atoms with van der Waals surface area (Å²) >= 11 is 0. The van der Waals surface area contributed by atoms with Crippen molar-refractivity contribution >= 4 is 5.97 Å². The van der Waals surface area contributed by atoms with E-state index in [9.17, 15) is 4.79 Å². The predicted octanol–water partition coefficient (Wildman–Crippen LogP) is 1.38. The molecule has 5 nitrogen and oxygen atoms in total. The Hall–Kier alpha value is -0.650. The summed E-state index contributed by atoms with van der Waals surface area (Å²) in [5, 5.41) is 7.00. The molecule has 0 aromatic carbocycles. The molecule has 0 aliphatic carbocycles. The highest BCUT2D eigenvalue weighted by molar-refractivity contribution is 5.65. The third kappa shape index (κ3) is 64.3. The van der Waals surface area contributed by atoms with E-state index in [0.717, 1.165) is 20.3 Å². The van der Waals surface area contributed by atoms with E-state index >= 15 is 0 Å². The van der Waals surface area contributed by atoms with Crippen LogP contribution in [0, 0.1) is 0 Å². The Labute approximate surface area is 87.0 Å². The van der Waals surface area contributed by atoms with E-state index in [4.69, 9.17) is 9.84 Å². The number of aliphatic hydroxyl groups excluding tert-OH is 1. The molecule has 0 aliphatic rings. The van der Waals surface area contributed by atoms with Gasteiger partial charge >= 0.3 is 5.97 Å². The molecule has 5 heteroatoms. The van der Waals surface area contributed by atoms with Crippen molar-refractivity contribution in [2.75, 3.05) is 26.9 Å². The Morgan fingerprint density at radius 1 is 1.07 bits per heavy atom. The molecule has 4 N–H and O–H groups in total. The van der Waals surface area contributed by atoms with E-state index in [1.807, 2.05) is 13.8 Å². The van der Waals surface area contributed by atoms with E-state index < -0.39 is 0 Å². The molecule has 0 amide bonds. The lowest BCUT2D eigenvalue weighted by Gasteiger charge is -1.89. The molecule has 0 spiro atoms. The van der Waals surface area contributed by atoms with E-state index in [1.165, 1.54) is 6.92 Å². The summed E-state index contributed by atoms with van der Waals surface area (Å²) in [6.45, 7) is 9.32. The topological polar surface area (TPSA) is 90.8 Å². The van der Waals surface area contributed by atoms with Crippen LogP contribution in [0.4, 0.5) is 0 Å². The highest BCUT2D eigenvalue weighted by Crippen LogP contribution is 1.69. The Balaban J connectivity index is -0.0000000576. The summed E-state index contributed by atoms with van der Waals surface area (Å²) < 4.78 is 9.24. The highest BCUT2D eigenvalue weighted by Gasteiger charge is 1.81. The fraction of sp³-hybridized carbons (Fsp3) is 0.889. The molecule has 0 heterocycles. The van der Waals surface area contributed by atoms with Crippen LogP contribution < -0.4 is 6.15 Å². The maximum absolute atomic E-state index is 9.82. The zero-order chi connectivity index (χ0) is 11.1. The number of carbonyl (C=O) groups excluding carboxylic acids is 1. The predicted molar refractivity (Wildman–Crippen MR) is 57.6 cm³/mol. The number of aliphatic hydroxyl groups is 1. The smallest absolute Gasteiger partial charge is 0.302 e. The van der Waals surface area contributed by atoms with Crippen LogP contribution in [0.1, 0.15) is 27.7 Å². The van der Waals surface area contributed by atoms with Crippen LogP contribution in [0.5, 0.6) is 0 Å². The lowest BCUT2D eigenvalue weighted by Crippen LogP contribution is -1.95. The molecule has 0 aromatic rings. The van der Waals surface area contributed by atoms with Crippen molar-refractivity contribution in [2.45, 2.75) is 27.7 Å². The molecule has 0 aliphatic heterocycles. The molecule has 0 saturated carbocycles. The first kappa shape index (κ1) is 23.3. The van der Waals surface area contributed by atoms with Gasteiger partial charge in [-0.1, -0.05) is 0 Å². The summed E-state index contributed by atoms with van der Waals surface area (Å²) in [7, 11) is 1.00. The van der Waals surface area contributed by atoms with Gasteiger partial charge in [0.05, 0.1) is 6.61 Å². The van der Waals surface area contributed by atoms with Crippen LogP contribution in [0.2, 0.25) is 0 Å². The first-order valence-electron chi connectivity index (χ1n) is 4.34. The first-order valence-corrected chi connectivity index (χ1v) is 4.34. The lowest BCUT2D eigenvalue weighted by atomic mass is 10.8. The molecule has 14 heavy (non-hydrogen) atoms. The first-order chi connectivity index (χ1) is 6.18. The van der Waals surface area contributed by atoms with Gasteiger partial charge in [0.1, 0.15) is 0 Å². The van der Waals surface area contributed by atoms with E-state index in [2.05, 4.69) is 4.74 Å². The van der Waals surface area contributed by atoms with Crippen molar-refractivity contribution in [1.29, 1.82) is 0 Å². The van der Waals surface area contributed by atoms with Gasteiger partial charge in [0.25, 0.3) is 0 Å². The van der Waals surface area contributed by atoms with Crippen LogP contribution in [-0.4, -0.2) is 38.0 Å². The minimum atomic E-state index is -0.211. The normalized spacial score (nSPS) is 6.71. The maximum Gasteiger partial charge on any atom is 0.302 e. The summed E-state index contributed by atoms with van der Waals surface area (Å²) in [5.41, 5.74) is 0. The second-order valence-corrected chi connectivity index (χ2v) is 1.71. The average Bonchev–Trinajstić information content (AvgIpc) is 2.10. The van der Waals surface area contributed by atoms with Crippen LogP contribution in [0.15, 0.2) is 0 Å². The van der Waals surface area contributed by atoms with E-state index in [-0.39, 0.29) is 12.1 Å². The molecule has 0 aromatic heterocycles. The highest BCUT2D eigenvalue weighted by atomic mass is 16.5. The SMILES string of the molecule is CCOC(C)=O.CCOCC.CO.N. The summed E-state index contributed by atoms with van der Waals surface area (Å²) in [4.78, 5) is 9.82. The molecule has 0 fully saturated rings. The minimum absolute atomic E-state index is 0. The monoisotopic (exact) mass is 211 g/mol. The second kappa shape index (κ2) is 29.4. The Morgan fingerprint density at radius 2 is 1.43 bits per heavy atom. The molecule has 0 atom stereocenters. The van der Waals surface area contributed by atoms with E-state index in [1.54, 1.807) is 6.92 Å². The van der Waals surface area contributed by atoms with Gasteiger partial charge in [-0.2, -0.15) is 0 Å². The lowest BCUT2D eigenvalue weighted by molar-refractivity contribution is -0.140. The van der Waals surface area contributed by atoms with Crippen molar-refractivity contribution in [2.24, 2.45) is 0 Å². The number of hydrogen-bond donors (Lipinski definition) is 2. The van der Waals surface area contributed by atoms with Crippen LogP contribution >= 0.6 is 0 Å². The fourth-order valence-electron chi connectivity index (χ4n) is 0.407. The van der Waals surface area contributed by atoms with Gasteiger partial charge in [-0.25, -0.2) is 0 Å². The number of esters is 1. The van der Waals surface area contributed by atoms with Gasteiger partial charge in [-0.05, 0) is 20.8 Å². The fourth-order valence-corrected chi connectivity index (χ4v) is 0.407. The number of ether oxygens (including phenoxy) is 2. The van der Waals surface area contributed by atoms with Crippen molar-refractivity contribution in [3.63, 3.8) is 0 Å². The zero-order valence-electron chi connectivity index (χ0n) is 10.0. The average molecular weight is 211 g/mol. The molecule has 0 radical (unpaired) electrons. The summed E-state index contributed by atoms with van der Waals surface area (Å²) in [5.74, 6) is -0.211. The maximum atomic E-state index is 9.82. The zero-order valence-corrected chi connectivity index (χ0v) is 10.0. The standard InChI is InChI=1S/C4H8O2.C4H10O.CH4O.H3N/c1-3-6-4(2)5;1-3-5-4-2;1-2;/h3H2,1-2H3;3-4H2,1-2H3;2H,1H3;1H3. The molecule has 0 bridgehead atoms. The number of carbonyl (C=O) groups is 1. The Morgan fingerprint density at radius 3 is 1.43 bits per heavy atom. The number of rotatable bonds is 3. The molecule has 0 unspecified atom stereocenters. The van der Waals surface area contributed by atoms with Gasteiger partial charge in [-0.3, -0.25) is 4.79 Å². The Kier molecular flexibility index (Phi) is 49.0. The quantitative estimate of drug-likeness (QED) is 0.688. The third-order valence-electron chi connectivity index (χ3n) is 0.756. The van der Waals surface area contributed by atoms with Gasteiger partial charge < -0.3 is 20.7 Å². The van der Waals surface area contributed by atoms with Crippen molar-refractivity contribution in [3.05, 3.63) is 0 Å². The van der Waals surface area contributed by atoms with Gasteiger partial charge in [0, 0.05) is 27.2 Å². The minimum Gasteiger partial charge on any atom is -0.466 e.